The van der Waals surface area contributed by atoms with E-state index in [4.69, 9.17) is 5.73 Å². The molecule has 1 atom stereocenters. The van der Waals surface area contributed by atoms with Crippen LogP contribution in [0.3, 0.4) is 0 Å². The van der Waals surface area contributed by atoms with Crippen LogP contribution in [0.2, 0.25) is 0 Å². The summed E-state index contributed by atoms with van der Waals surface area (Å²) >= 11 is 1.45. The van der Waals surface area contributed by atoms with Crippen LogP contribution in [0.1, 0.15) is 29.8 Å². The third kappa shape index (κ3) is 4.52. The third-order valence-corrected chi connectivity index (χ3v) is 6.27. The van der Waals surface area contributed by atoms with Gasteiger partial charge in [0, 0.05) is 30.0 Å². The van der Waals surface area contributed by atoms with Crippen molar-refractivity contribution in [3.8, 4) is 0 Å². The molecule has 1 aliphatic heterocycles. The van der Waals surface area contributed by atoms with Crippen LogP contribution >= 0.6 is 11.8 Å². The molecule has 11 heteroatoms. The molecule has 0 spiro atoms. The maximum atomic E-state index is 12.7. The quantitative estimate of drug-likeness (QED) is 0.539. The van der Waals surface area contributed by atoms with Gasteiger partial charge in [-0.2, -0.15) is 4.98 Å². The highest BCUT2D eigenvalue weighted by Crippen LogP contribution is 2.23. The van der Waals surface area contributed by atoms with Crippen LogP contribution in [0.25, 0.3) is 5.78 Å². The van der Waals surface area contributed by atoms with Crippen molar-refractivity contribution in [2.75, 3.05) is 29.6 Å². The predicted molar refractivity (Wildman–Crippen MR) is 123 cm³/mol. The maximum Gasteiger partial charge on any atom is 0.253 e. The number of nitrogens with two attached hydrogens (primary N) is 1. The highest BCUT2D eigenvalue weighted by Gasteiger charge is 2.24. The van der Waals surface area contributed by atoms with Crippen molar-refractivity contribution >= 4 is 40.9 Å². The van der Waals surface area contributed by atoms with E-state index in [-0.39, 0.29) is 24.2 Å². The largest absolute Gasteiger partial charge is 0.369 e. The first-order valence-electron chi connectivity index (χ1n) is 10.4. The zero-order valence-corrected chi connectivity index (χ0v) is 19.1. The first-order chi connectivity index (χ1) is 15.4. The van der Waals surface area contributed by atoms with Crippen molar-refractivity contribution in [2.45, 2.75) is 38.3 Å². The lowest BCUT2D eigenvalue weighted by Gasteiger charge is -2.32. The summed E-state index contributed by atoms with van der Waals surface area (Å²) in [6.45, 7) is 5.19. The van der Waals surface area contributed by atoms with Gasteiger partial charge in [0.15, 0.2) is 0 Å². The summed E-state index contributed by atoms with van der Waals surface area (Å²) < 4.78 is 1.68. The highest BCUT2D eigenvalue weighted by atomic mass is 32.2. The molecule has 0 saturated carbocycles. The third-order valence-electron chi connectivity index (χ3n) is 5.73. The van der Waals surface area contributed by atoms with Crippen molar-refractivity contribution < 1.29 is 9.59 Å². The standard InChI is InChI=1S/C21H26N8O2S/c1-12-16(13(2)29-20(24-12)26-21(27-29)32-3)9-18(30)25-15-6-7-17(23-10-15)28-8-4-5-14(11-28)19(22)31/h6-7,10,14H,4-5,8-9,11H2,1-3H3,(H2,22,31)(H,25,30). The van der Waals surface area contributed by atoms with Crippen molar-refractivity contribution in [3.63, 3.8) is 0 Å². The molecule has 0 radical (unpaired) electrons. The molecule has 0 bridgehead atoms. The SMILES string of the molecule is CSc1nc2nc(C)c(CC(=O)Nc3ccc(N4CCCC(C(N)=O)C4)nc3)c(C)n2n1. The number of pyridine rings is 1. The number of anilines is 2. The molecule has 1 saturated heterocycles. The molecule has 168 valence electrons. The molecule has 2 amide bonds. The minimum Gasteiger partial charge on any atom is -0.369 e. The lowest BCUT2D eigenvalue weighted by Crippen LogP contribution is -2.41. The molecule has 1 fully saturated rings. The second kappa shape index (κ2) is 9.11. The number of nitrogens with one attached hydrogen (secondary N) is 1. The number of aromatic nitrogens is 5. The Hall–Kier alpha value is -3.21. The van der Waals surface area contributed by atoms with Crippen LogP contribution in [-0.2, 0) is 16.0 Å². The van der Waals surface area contributed by atoms with Gasteiger partial charge in [-0.25, -0.2) is 14.5 Å². The Morgan fingerprint density at radius 2 is 2.09 bits per heavy atom. The minimum atomic E-state index is -0.271. The molecule has 3 aromatic heterocycles. The summed E-state index contributed by atoms with van der Waals surface area (Å²) in [5.41, 5.74) is 8.49. The van der Waals surface area contributed by atoms with E-state index in [1.54, 1.807) is 10.7 Å². The number of primary amides is 1. The second-order valence-electron chi connectivity index (χ2n) is 7.89. The monoisotopic (exact) mass is 454 g/mol. The Balaban J connectivity index is 1.44. The average molecular weight is 455 g/mol. The molecular formula is C21H26N8O2S. The molecule has 0 aromatic carbocycles. The molecule has 4 rings (SSSR count). The van der Waals surface area contributed by atoms with E-state index in [2.05, 4.69) is 30.3 Å². The Labute approximate surface area is 190 Å². The number of fused-ring (bicyclic) bond motifs is 1. The fourth-order valence-electron chi connectivity index (χ4n) is 3.96. The smallest absolute Gasteiger partial charge is 0.253 e. The summed E-state index contributed by atoms with van der Waals surface area (Å²) in [7, 11) is 0. The maximum absolute atomic E-state index is 12.7. The minimum absolute atomic E-state index is 0.153. The molecule has 4 heterocycles. The van der Waals surface area contributed by atoms with E-state index in [0.717, 1.165) is 42.2 Å². The van der Waals surface area contributed by atoms with Gasteiger partial charge in [0.2, 0.25) is 17.0 Å². The van der Waals surface area contributed by atoms with Crippen molar-refractivity contribution in [1.82, 2.24) is 24.6 Å². The lowest BCUT2D eigenvalue weighted by molar-refractivity contribution is -0.122. The van der Waals surface area contributed by atoms with Gasteiger partial charge in [-0.05, 0) is 45.1 Å². The summed E-state index contributed by atoms with van der Waals surface area (Å²) in [5.74, 6) is 0.714. The zero-order valence-electron chi connectivity index (χ0n) is 18.3. The summed E-state index contributed by atoms with van der Waals surface area (Å²) in [6, 6.07) is 3.67. The number of piperidine rings is 1. The molecular weight excluding hydrogens is 428 g/mol. The van der Waals surface area contributed by atoms with E-state index in [0.29, 0.717) is 23.2 Å². The van der Waals surface area contributed by atoms with Gasteiger partial charge in [-0.3, -0.25) is 9.59 Å². The predicted octanol–water partition coefficient (Wildman–Crippen LogP) is 1.74. The zero-order chi connectivity index (χ0) is 22.8. The van der Waals surface area contributed by atoms with Crippen molar-refractivity contribution in [2.24, 2.45) is 11.7 Å². The Morgan fingerprint density at radius 1 is 1.28 bits per heavy atom. The van der Waals surface area contributed by atoms with Gasteiger partial charge in [0.1, 0.15) is 5.82 Å². The van der Waals surface area contributed by atoms with Crippen LogP contribution in [0.4, 0.5) is 11.5 Å². The first kappa shape index (κ1) is 22.0. The fraction of sp³-hybridized carbons (Fsp3) is 0.429. The Morgan fingerprint density at radius 3 is 2.78 bits per heavy atom. The van der Waals surface area contributed by atoms with E-state index in [9.17, 15) is 9.59 Å². The number of carbonyl (C=O) groups is 2. The number of hydrogen-bond donors (Lipinski definition) is 2. The molecule has 0 aliphatic carbocycles. The second-order valence-corrected chi connectivity index (χ2v) is 8.66. The first-order valence-corrected chi connectivity index (χ1v) is 11.6. The molecule has 3 N–H and O–H groups in total. The number of amides is 2. The van der Waals surface area contributed by atoms with Crippen molar-refractivity contribution in [3.05, 3.63) is 35.3 Å². The van der Waals surface area contributed by atoms with Crippen LogP contribution in [-0.4, -0.2) is 55.7 Å². The van der Waals surface area contributed by atoms with Crippen LogP contribution < -0.4 is 16.0 Å². The highest BCUT2D eigenvalue weighted by molar-refractivity contribution is 7.98. The molecule has 3 aromatic rings. The normalized spacial score (nSPS) is 16.3. The van der Waals surface area contributed by atoms with Gasteiger partial charge in [0.25, 0.3) is 5.78 Å². The van der Waals surface area contributed by atoms with E-state index < -0.39 is 0 Å². The number of carbonyl (C=O) groups excluding carboxylic acids is 2. The summed E-state index contributed by atoms with van der Waals surface area (Å²) in [5, 5.41) is 7.96. The van der Waals surface area contributed by atoms with Gasteiger partial charge in [0.05, 0.1) is 24.2 Å². The number of thioether (sulfide) groups is 1. The molecule has 10 nitrogen and oxygen atoms in total. The molecule has 1 aliphatic rings. The van der Waals surface area contributed by atoms with E-state index in [1.807, 2.05) is 32.2 Å². The average Bonchev–Trinajstić information content (AvgIpc) is 3.20. The molecule has 1 unspecified atom stereocenters. The molecule has 32 heavy (non-hydrogen) atoms. The Bertz CT molecular complexity index is 1160. The van der Waals surface area contributed by atoms with Crippen LogP contribution in [0, 0.1) is 19.8 Å². The summed E-state index contributed by atoms with van der Waals surface area (Å²) in [6.07, 6.45) is 5.42. The van der Waals surface area contributed by atoms with Crippen LogP contribution in [0.15, 0.2) is 23.5 Å². The van der Waals surface area contributed by atoms with E-state index >= 15 is 0 Å². The van der Waals surface area contributed by atoms with Gasteiger partial charge < -0.3 is 16.0 Å². The van der Waals surface area contributed by atoms with Gasteiger partial charge in [-0.1, -0.05) is 11.8 Å². The fourth-order valence-corrected chi connectivity index (χ4v) is 4.30. The summed E-state index contributed by atoms with van der Waals surface area (Å²) in [4.78, 5) is 39.6. The number of nitrogens with zero attached hydrogens (tertiary/aromatic N) is 6. The Kier molecular flexibility index (Phi) is 6.26. The van der Waals surface area contributed by atoms with Gasteiger partial charge in [-0.15, -0.1) is 5.10 Å². The number of hydrogen-bond acceptors (Lipinski definition) is 8. The van der Waals surface area contributed by atoms with Crippen LogP contribution in [0.5, 0.6) is 0 Å². The van der Waals surface area contributed by atoms with E-state index in [1.165, 1.54) is 11.8 Å². The number of rotatable bonds is 6. The number of aryl methyl sites for hydroxylation is 2. The lowest BCUT2D eigenvalue weighted by atomic mass is 9.97. The van der Waals surface area contributed by atoms with Gasteiger partial charge >= 0.3 is 0 Å². The topological polar surface area (TPSA) is 131 Å². The van der Waals surface area contributed by atoms with Crippen molar-refractivity contribution in [1.29, 1.82) is 0 Å².